The van der Waals surface area contributed by atoms with Crippen LogP contribution in [0, 0.1) is 0 Å². The predicted molar refractivity (Wildman–Crippen MR) is 117 cm³/mol. The molecule has 25 heavy (non-hydrogen) atoms. The highest BCUT2D eigenvalue weighted by atomic mass is 14.1. The van der Waals surface area contributed by atoms with Gasteiger partial charge in [0.2, 0.25) is 0 Å². The SMILES string of the molecule is C/C=C\C(C)=C(C)CCC(C)=CC(C)=C(C)CCC(C)=C/C(C)=C\C. The fourth-order valence-corrected chi connectivity index (χ4v) is 2.67. The molecule has 0 aliphatic rings. The van der Waals surface area contributed by atoms with E-state index in [0.717, 1.165) is 25.7 Å². The zero-order valence-corrected chi connectivity index (χ0v) is 18.2. The molecule has 0 heterocycles. The molecule has 0 unspecified atom stereocenters. The lowest BCUT2D eigenvalue weighted by Gasteiger charge is -2.08. The van der Waals surface area contributed by atoms with Gasteiger partial charge in [0.05, 0.1) is 0 Å². The molecule has 0 aromatic carbocycles. The normalized spacial score (nSPS) is 16.3. The maximum atomic E-state index is 2.38. The average molecular weight is 341 g/mol. The molecule has 0 radical (unpaired) electrons. The molecule has 0 nitrogen and oxygen atoms in total. The van der Waals surface area contributed by atoms with Crippen molar-refractivity contribution in [2.24, 2.45) is 0 Å². The Labute approximate surface area is 157 Å². The zero-order valence-electron chi connectivity index (χ0n) is 18.2. The Bertz CT molecular complexity index is 598. The van der Waals surface area contributed by atoms with Gasteiger partial charge >= 0.3 is 0 Å². The van der Waals surface area contributed by atoms with Gasteiger partial charge in [-0.05, 0) is 88.0 Å². The summed E-state index contributed by atoms with van der Waals surface area (Å²) in [5.41, 5.74) is 10.1. The lowest BCUT2D eigenvalue weighted by molar-refractivity contribution is 0.899. The van der Waals surface area contributed by atoms with Crippen LogP contribution in [0.15, 0.2) is 69.4 Å². The van der Waals surface area contributed by atoms with Gasteiger partial charge in [-0.25, -0.2) is 0 Å². The summed E-state index contributed by atoms with van der Waals surface area (Å²) in [6, 6.07) is 0. The van der Waals surface area contributed by atoms with Gasteiger partial charge in [-0.15, -0.1) is 0 Å². The van der Waals surface area contributed by atoms with Crippen molar-refractivity contribution >= 4 is 0 Å². The van der Waals surface area contributed by atoms with Gasteiger partial charge in [0, 0.05) is 0 Å². The van der Waals surface area contributed by atoms with Crippen molar-refractivity contribution in [3.8, 4) is 0 Å². The molecule has 0 fully saturated rings. The molecular weight excluding hydrogens is 300 g/mol. The summed E-state index contributed by atoms with van der Waals surface area (Å²) in [6.07, 6.45) is 15.7. The standard InChI is InChI=1S/C25H40/c1-10-12-22(6)23(7)15-14-21(5)18-25(9)24(8)16-13-20(4)17-19(3)11-2/h10-12,17-18H,13-16H2,1-9H3/b12-10-,19-11-,20-17?,21-18?,23-22?,25-24?. The predicted octanol–water partition coefficient (Wildman–Crippen LogP) is 8.65. The number of rotatable bonds is 9. The summed E-state index contributed by atoms with van der Waals surface area (Å²) in [7, 11) is 0. The van der Waals surface area contributed by atoms with Gasteiger partial charge in [0.1, 0.15) is 0 Å². The van der Waals surface area contributed by atoms with Gasteiger partial charge < -0.3 is 0 Å². The number of hydrogen-bond acceptors (Lipinski definition) is 0. The summed E-state index contributed by atoms with van der Waals surface area (Å²) < 4.78 is 0. The van der Waals surface area contributed by atoms with Crippen LogP contribution >= 0.6 is 0 Å². The Kier molecular flexibility index (Phi) is 12.0. The third kappa shape index (κ3) is 10.8. The van der Waals surface area contributed by atoms with Crippen LogP contribution in [0.3, 0.4) is 0 Å². The Morgan fingerprint density at radius 2 is 1.08 bits per heavy atom. The highest BCUT2D eigenvalue weighted by Gasteiger charge is 2.00. The Hall–Kier alpha value is -1.56. The zero-order chi connectivity index (χ0) is 19.4. The molecule has 0 rings (SSSR count). The minimum Gasteiger partial charge on any atom is -0.0874 e. The summed E-state index contributed by atoms with van der Waals surface area (Å²) in [5, 5.41) is 0. The van der Waals surface area contributed by atoms with E-state index in [4.69, 9.17) is 0 Å². The maximum Gasteiger partial charge on any atom is -0.0280 e. The highest BCUT2D eigenvalue weighted by molar-refractivity contribution is 5.28. The van der Waals surface area contributed by atoms with Crippen LogP contribution in [0.5, 0.6) is 0 Å². The van der Waals surface area contributed by atoms with Crippen molar-refractivity contribution < 1.29 is 0 Å². The van der Waals surface area contributed by atoms with Crippen LogP contribution in [0.4, 0.5) is 0 Å². The van der Waals surface area contributed by atoms with Crippen LogP contribution in [-0.2, 0) is 0 Å². The van der Waals surface area contributed by atoms with Crippen LogP contribution in [-0.4, -0.2) is 0 Å². The second kappa shape index (κ2) is 12.8. The molecule has 0 aliphatic carbocycles. The summed E-state index contributed by atoms with van der Waals surface area (Å²) in [5.74, 6) is 0. The third-order valence-corrected chi connectivity index (χ3v) is 4.94. The smallest absolute Gasteiger partial charge is 0.0280 e. The van der Waals surface area contributed by atoms with Crippen molar-refractivity contribution in [3.63, 3.8) is 0 Å². The van der Waals surface area contributed by atoms with E-state index in [1.165, 1.54) is 39.0 Å². The van der Waals surface area contributed by atoms with Crippen LogP contribution < -0.4 is 0 Å². The first-order valence-corrected chi connectivity index (χ1v) is 9.63. The van der Waals surface area contributed by atoms with E-state index in [-0.39, 0.29) is 0 Å². The molecule has 0 amide bonds. The highest BCUT2D eigenvalue weighted by Crippen LogP contribution is 2.20. The topological polar surface area (TPSA) is 0 Å². The largest absolute Gasteiger partial charge is 0.0874 e. The Morgan fingerprint density at radius 3 is 1.56 bits per heavy atom. The van der Waals surface area contributed by atoms with E-state index in [1.807, 2.05) is 0 Å². The van der Waals surface area contributed by atoms with Crippen LogP contribution in [0.25, 0.3) is 0 Å². The van der Waals surface area contributed by atoms with Gasteiger partial charge in [0.25, 0.3) is 0 Å². The third-order valence-electron chi connectivity index (χ3n) is 4.94. The lowest BCUT2D eigenvalue weighted by Crippen LogP contribution is -1.88. The molecular formula is C25H40. The molecule has 0 bridgehead atoms. The summed E-state index contributed by atoms with van der Waals surface area (Å²) in [4.78, 5) is 0. The van der Waals surface area contributed by atoms with Gasteiger partial charge in [0.15, 0.2) is 0 Å². The van der Waals surface area contributed by atoms with E-state index in [0.29, 0.717) is 0 Å². The summed E-state index contributed by atoms with van der Waals surface area (Å²) in [6.45, 7) is 19.8. The van der Waals surface area contributed by atoms with Crippen molar-refractivity contribution in [2.45, 2.75) is 88.0 Å². The molecule has 0 saturated carbocycles. The van der Waals surface area contributed by atoms with E-state index < -0.39 is 0 Å². The Morgan fingerprint density at radius 1 is 0.600 bits per heavy atom. The minimum absolute atomic E-state index is 1.14. The number of allylic oxidation sites excluding steroid dienone is 12. The second-order valence-corrected chi connectivity index (χ2v) is 7.44. The fraction of sp³-hybridized carbons (Fsp3) is 0.520. The van der Waals surface area contributed by atoms with E-state index in [2.05, 4.69) is 92.7 Å². The summed E-state index contributed by atoms with van der Waals surface area (Å²) >= 11 is 0. The van der Waals surface area contributed by atoms with Crippen LogP contribution in [0.1, 0.15) is 88.0 Å². The molecule has 0 N–H and O–H groups in total. The van der Waals surface area contributed by atoms with Crippen molar-refractivity contribution in [1.29, 1.82) is 0 Å². The molecule has 0 saturated heterocycles. The minimum atomic E-state index is 1.14. The van der Waals surface area contributed by atoms with E-state index in [1.54, 1.807) is 0 Å². The first-order valence-electron chi connectivity index (χ1n) is 9.63. The first kappa shape index (κ1) is 23.4. The van der Waals surface area contributed by atoms with Crippen molar-refractivity contribution in [3.05, 3.63) is 69.4 Å². The molecule has 0 heteroatoms. The van der Waals surface area contributed by atoms with E-state index >= 15 is 0 Å². The molecule has 0 atom stereocenters. The molecule has 0 spiro atoms. The molecule has 0 aliphatic heterocycles. The fourth-order valence-electron chi connectivity index (χ4n) is 2.67. The van der Waals surface area contributed by atoms with Gasteiger partial charge in [-0.2, -0.15) is 0 Å². The average Bonchev–Trinajstić information content (AvgIpc) is 2.57. The molecule has 0 aromatic heterocycles. The van der Waals surface area contributed by atoms with E-state index in [9.17, 15) is 0 Å². The van der Waals surface area contributed by atoms with Crippen LogP contribution in [0.2, 0.25) is 0 Å². The molecule has 140 valence electrons. The lowest BCUT2D eigenvalue weighted by atomic mass is 9.98. The monoisotopic (exact) mass is 340 g/mol. The maximum absolute atomic E-state index is 2.38. The van der Waals surface area contributed by atoms with Gasteiger partial charge in [-0.3, -0.25) is 0 Å². The second-order valence-electron chi connectivity index (χ2n) is 7.44. The Balaban J connectivity index is 4.77. The first-order chi connectivity index (χ1) is 11.7. The van der Waals surface area contributed by atoms with Gasteiger partial charge in [-0.1, -0.05) is 69.4 Å². The number of hydrogen-bond donors (Lipinski definition) is 0. The molecule has 0 aromatic rings. The quantitative estimate of drug-likeness (QED) is 0.368. The van der Waals surface area contributed by atoms with Crippen molar-refractivity contribution in [2.75, 3.05) is 0 Å². The van der Waals surface area contributed by atoms with Crippen molar-refractivity contribution in [1.82, 2.24) is 0 Å².